The van der Waals surface area contributed by atoms with Crippen LogP contribution >= 0.6 is 12.6 Å². The van der Waals surface area contributed by atoms with Crippen molar-refractivity contribution in [3.05, 3.63) is 52.6 Å². The minimum atomic E-state index is -0.481. The molecule has 2 nitrogen and oxygen atoms in total. The van der Waals surface area contributed by atoms with Crippen molar-refractivity contribution < 1.29 is 0 Å². The van der Waals surface area contributed by atoms with Gasteiger partial charge >= 0.3 is 0 Å². The molecule has 3 rings (SSSR count). The number of nitrogens with two attached hydrogens (primary N) is 1. The molecule has 0 spiro atoms. The average molecular weight is 495 g/mol. The molecule has 0 bridgehead atoms. The molecule has 0 radical (unpaired) electrons. The highest BCUT2D eigenvalue weighted by Crippen LogP contribution is 2.46. The fourth-order valence-corrected chi connectivity index (χ4v) is 6.17. The van der Waals surface area contributed by atoms with Crippen molar-refractivity contribution in [2.45, 2.75) is 128 Å². The van der Waals surface area contributed by atoms with Gasteiger partial charge in [0.25, 0.3) is 0 Å². The molecule has 0 saturated carbocycles. The fourth-order valence-electron chi connectivity index (χ4n) is 5.97. The number of rotatable bonds is 11. The summed E-state index contributed by atoms with van der Waals surface area (Å²) in [7, 11) is 0. The molecular weight excluding hydrogens is 444 g/mol. The van der Waals surface area contributed by atoms with E-state index < -0.39 is 4.87 Å². The van der Waals surface area contributed by atoms with Gasteiger partial charge < -0.3 is 5.73 Å². The van der Waals surface area contributed by atoms with Crippen molar-refractivity contribution in [2.75, 3.05) is 0 Å². The molecule has 2 unspecified atom stereocenters. The van der Waals surface area contributed by atoms with E-state index in [1.807, 2.05) is 0 Å². The number of allylic oxidation sites excluding steroid dienone is 2. The van der Waals surface area contributed by atoms with E-state index in [9.17, 15) is 0 Å². The number of hydrogen-bond donors (Lipinski definition) is 2. The monoisotopic (exact) mass is 494 g/mol. The van der Waals surface area contributed by atoms with Crippen LogP contribution in [0.2, 0.25) is 0 Å². The highest BCUT2D eigenvalue weighted by atomic mass is 32.1. The summed E-state index contributed by atoms with van der Waals surface area (Å²) in [5.74, 6) is 0.554. The van der Waals surface area contributed by atoms with E-state index in [4.69, 9.17) is 23.4 Å². The number of nitrogens with zero attached hydrogens (tertiary/aromatic N) is 1. The number of thiol groups is 1. The van der Waals surface area contributed by atoms with Gasteiger partial charge in [0.2, 0.25) is 0 Å². The van der Waals surface area contributed by atoms with Crippen LogP contribution in [-0.2, 0) is 10.8 Å². The Balaban J connectivity index is 1.75. The SMILES string of the molecule is CC/C=C(\CCCC(CCC)C1=NC(c2ccc3c(c2)C(C)(C)CCC3(C)C)=CC1)C(N)(S)CC. The lowest BCUT2D eigenvalue weighted by molar-refractivity contribution is 0.332. The molecule has 1 aliphatic carbocycles. The third-order valence-electron chi connectivity index (χ3n) is 8.57. The molecule has 1 heterocycles. The molecule has 0 fully saturated rings. The molecular formula is C32H50N2S. The van der Waals surface area contributed by atoms with Crippen LogP contribution in [0.15, 0.2) is 40.9 Å². The zero-order valence-corrected chi connectivity index (χ0v) is 24.4. The second-order valence-corrected chi connectivity index (χ2v) is 13.0. The Morgan fingerprint density at radius 1 is 1.09 bits per heavy atom. The molecule has 0 aromatic heterocycles. The van der Waals surface area contributed by atoms with Crippen LogP contribution in [0.3, 0.4) is 0 Å². The molecule has 1 aliphatic heterocycles. The number of benzene rings is 1. The average Bonchev–Trinajstić information content (AvgIpc) is 3.31. The van der Waals surface area contributed by atoms with Crippen molar-refractivity contribution in [1.82, 2.24) is 0 Å². The number of hydrogen-bond acceptors (Lipinski definition) is 3. The summed E-state index contributed by atoms with van der Waals surface area (Å²) in [6, 6.07) is 7.15. The standard InChI is InChI=1S/C32H50N2S/c1-8-12-23(14-11-15-25(13-9-2)32(33,35)10-3)28-18-19-29(34-28)24-16-17-26-27(22-24)31(6,7)21-20-30(26,4)5/h13,16-17,19,22-23,35H,8-12,14-15,18,20-21,33H2,1-7H3/b25-13+. The predicted molar refractivity (Wildman–Crippen MR) is 159 cm³/mol. The molecule has 194 valence electrons. The van der Waals surface area contributed by atoms with Gasteiger partial charge in [0, 0.05) is 17.7 Å². The molecule has 0 amide bonds. The van der Waals surface area contributed by atoms with Crippen LogP contribution in [0.1, 0.15) is 129 Å². The van der Waals surface area contributed by atoms with Gasteiger partial charge in [-0.05, 0) is 90.9 Å². The Labute approximate surface area is 221 Å². The quantitative estimate of drug-likeness (QED) is 0.180. The molecule has 35 heavy (non-hydrogen) atoms. The zero-order chi connectivity index (χ0) is 25.9. The van der Waals surface area contributed by atoms with Gasteiger partial charge in [-0.1, -0.05) is 79.2 Å². The largest absolute Gasteiger partial charge is 0.314 e. The van der Waals surface area contributed by atoms with Crippen LogP contribution in [0.25, 0.3) is 5.70 Å². The lowest BCUT2D eigenvalue weighted by atomic mass is 9.63. The van der Waals surface area contributed by atoms with Crippen LogP contribution in [0.5, 0.6) is 0 Å². The Hall–Kier alpha value is -1.32. The first-order chi connectivity index (χ1) is 16.4. The fraction of sp³-hybridized carbons (Fsp3) is 0.656. The molecule has 1 aromatic rings. The maximum Gasteiger partial charge on any atom is 0.0804 e. The Morgan fingerprint density at radius 2 is 1.77 bits per heavy atom. The second-order valence-electron chi connectivity index (χ2n) is 12.2. The topological polar surface area (TPSA) is 38.4 Å². The first kappa shape index (κ1) is 28.3. The molecule has 1 aromatic carbocycles. The molecule has 2 atom stereocenters. The maximum atomic E-state index is 6.47. The highest BCUT2D eigenvalue weighted by molar-refractivity contribution is 7.82. The smallest absolute Gasteiger partial charge is 0.0804 e. The number of fused-ring (bicyclic) bond motifs is 1. The van der Waals surface area contributed by atoms with Crippen molar-refractivity contribution in [3.8, 4) is 0 Å². The van der Waals surface area contributed by atoms with Crippen LogP contribution in [-0.4, -0.2) is 10.6 Å². The van der Waals surface area contributed by atoms with E-state index in [1.54, 1.807) is 0 Å². The normalized spacial score (nSPS) is 21.7. The summed E-state index contributed by atoms with van der Waals surface area (Å²) >= 11 is 4.76. The summed E-state index contributed by atoms with van der Waals surface area (Å²) in [6.45, 7) is 16.2. The van der Waals surface area contributed by atoms with E-state index in [1.165, 1.54) is 65.8 Å². The van der Waals surface area contributed by atoms with E-state index in [2.05, 4.69) is 78.8 Å². The summed E-state index contributed by atoms with van der Waals surface area (Å²) in [6.07, 6.45) is 15.8. The van der Waals surface area contributed by atoms with Crippen LogP contribution in [0.4, 0.5) is 0 Å². The van der Waals surface area contributed by atoms with Gasteiger partial charge in [0.15, 0.2) is 0 Å². The van der Waals surface area contributed by atoms with E-state index >= 15 is 0 Å². The summed E-state index contributed by atoms with van der Waals surface area (Å²) in [5.41, 5.74) is 15.1. The molecule has 2 aliphatic rings. The maximum absolute atomic E-state index is 6.47. The van der Waals surface area contributed by atoms with Gasteiger partial charge in [-0.3, -0.25) is 4.99 Å². The van der Waals surface area contributed by atoms with E-state index in [0.29, 0.717) is 5.92 Å². The zero-order valence-electron chi connectivity index (χ0n) is 23.5. The summed E-state index contributed by atoms with van der Waals surface area (Å²) < 4.78 is 0. The van der Waals surface area contributed by atoms with Gasteiger partial charge in [-0.15, -0.1) is 0 Å². The minimum Gasteiger partial charge on any atom is -0.314 e. The van der Waals surface area contributed by atoms with Gasteiger partial charge in [-0.2, -0.15) is 12.6 Å². The molecule has 3 heteroatoms. The Bertz CT molecular complexity index is 977. The second kappa shape index (κ2) is 11.4. The lowest BCUT2D eigenvalue weighted by Gasteiger charge is -2.42. The van der Waals surface area contributed by atoms with E-state index in [-0.39, 0.29) is 10.8 Å². The third kappa shape index (κ3) is 6.52. The minimum absolute atomic E-state index is 0.227. The number of aliphatic imine (C=N–C) groups is 1. The molecule has 2 N–H and O–H groups in total. The van der Waals surface area contributed by atoms with Crippen LogP contribution in [0, 0.1) is 5.92 Å². The van der Waals surface area contributed by atoms with Crippen molar-refractivity contribution >= 4 is 24.0 Å². The summed E-state index contributed by atoms with van der Waals surface area (Å²) in [5, 5.41) is 0. The van der Waals surface area contributed by atoms with Crippen molar-refractivity contribution in [1.29, 1.82) is 0 Å². The van der Waals surface area contributed by atoms with Crippen molar-refractivity contribution in [3.63, 3.8) is 0 Å². The van der Waals surface area contributed by atoms with Gasteiger partial charge in [0.1, 0.15) is 0 Å². The summed E-state index contributed by atoms with van der Waals surface area (Å²) in [4.78, 5) is 4.75. The first-order valence-electron chi connectivity index (χ1n) is 14.1. The van der Waals surface area contributed by atoms with Gasteiger partial charge in [0.05, 0.1) is 10.6 Å². The molecule has 0 saturated heterocycles. The van der Waals surface area contributed by atoms with Crippen molar-refractivity contribution in [2.24, 2.45) is 16.6 Å². The van der Waals surface area contributed by atoms with Gasteiger partial charge in [-0.25, -0.2) is 0 Å². The first-order valence-corrected chi connectivity index (χ1v) is 14.5. The third-order valence-corrected chi connectivity index (χ3v) is 9.17. The Morgan fingerprint density at radius 3 is 2.40 bits per heavy atom. The van der Waals surface area contributed by atoms with E-state index in [0.717, 1.165) is 32.1 Å². The predicted octanol–water partition coefficient (Wildman–Crippen LogP) is 9.14. The lowest BCUT2D eigenvalue weighted by Crippen LogP contribution is -2.34. The highest BCUT2D eigenvalue weighted by Gasteiger charge is 2.37. The van der Waals surface area contributed by atoms with Crippen LogP contribution < -0.4 is 5.73 Å². The Kier molecular flexibility index (Phi) is 9.19.